The topological polar surface area (TPSA) is 79.6 Å². The third kappa shape index (κ3) is 2.03. The van der Waals surface area contributed by atoms with E-state index in [9.17, 15) is 14.7 Å². The summed E-state index contributed by atoms with van der Waals surface area (Å²) in [5, 5.41) is 10.2. The van der Waals surface area contributed by atoms with Gasteiger partial charge in [-0.15, -0.1) is 0 Å². The number of aliphatic hydroxyl groups is 1. The van der Waals surface area contributed by atoms with Crippen LogP contribution in [0.1, 0.15) is 26.3 Å². The van der Waals surface area contributed by atoms with Crippen molar-refractivity contribution >= 4 is 17.3 Å². The van der Waals surface area contributed by atoms with Gasteiger partial charge in [0.25, 0.3) is 0 Å². The van der Waals surface area contributed by atoms with Crippen LogP contribution in [0.3, 0.4) is 0 Å². The second-order valence-corrected chi connectivity index (χ2v) is 4.74. The molecule has 0 bridgehead atoms. The average molecular weight is 292 g/mol. The summed E-state index contributed by atoms with van der Waals surface area (Å²) in [6, 6.07) is 10.4. The van der Waals surface area contributed by atoms with Gasteiger partial charge in [0.1, 0.15) is 0 Å². The quantitative estimate of drug-likeness (QED) is 0.862. The highest BCUT2D eigenvalue weighted by Crippen LogP contribution is 2.27. The molecule has 1 aromatic carbocycles. The van der Waals surface area contributed by atoms with E-state index in [2.05, 4.69) is 9.98 Å². The van der Waals surface area contributed by atoms with E-state index in [0.717, 1.165) is 0 Å². The van der Waals surface area contributed by atoms with Crippen LogP contribution >= 0.6 is 0 Å². The molecule has 0 fully saturated rings. The van der Waals surface area contributed by atoms with E-state index in [0.29, 0.717) is 11.3 Å². The standard InChI is InChI=1S/C17H12N2O3/c1-18-14(10-5-3-2-4-6-10)13-15(20)11-7-8-19-9-12(11)16(21)17(13)22/h2-9,22H,1H3/b18-14-. The van der Waals surface area contributed by atoms with Crippen LogP contribution in [0.5, 0.6) is 0 Å². The Morgan fingerprint density at radius 3 is 2.45 bits per heavy atom. The number of aliphatic hydroxyl groups excluding tert-OH is 1. The van der Waals surface area contributed by atoms with Crippen LogP contribution in [0, 0.1) is 0 Å². The highest BCUT2D eigenvalue weighted by molar-refractivity contribution is 6.39. The third-order valence-electron chi connectivity index (χ3n) is 3.50. The molecule has 1 heterocycles. The van der Waals surface area contributed by atoms with E-state index in [1.807, 2.05) is 6.07 Å². The fourth-order valence-corrected chi connectivity index (χ4v) is 2.46. The molecule has 1 aliphatic carbocycles. The number of carbonyl (C=O) groups is 2. The van der Waals surface area contributed by atoms with Gasteiger partial charge in [0, 0.05) is 30.6 Å². The zero-order valence-corrected chi connectivity index (χ0v) is 11.8. The number of carbonyl (C=O) groups excluding carboxylic acids is 2. The molecule has 5 nitrogen and oxygen atoms in total. The fraction of sp³-hybridized carbons (Fsp3) is 0.0588. The summed E-state index contributed by atoms with van der Waals surface area (Å²) >= 11 is 0. The van der Waals surface area contributed by atoms with Gasteiger partial charge in [0.05, 0.1) is 16.8 Å². The number of aliphatic imine (C=N–C) groups is 1. The van der Waals surface area contributed by atoms with Gasteiger partial charge in [-0.2, -0.15) is 0 Å². The number of nitrogens with zero attached hydrogens (tertiary/aromatic N) is 2. The number of aromatic nitrogens is 1. The Bertz CT molecular complexity index is 836. The molecule has 1 aliphatic rings. The summed E-state index contributed by atoms with van der Waals surface area (Å²) in [6.45, 7) is 0. The van der Waals surface area contributed by atoms with Crippen molar-refractivity contribution in [1.29, 1.82) is 0 Å². The molecule has 0 saturated carbocycles. The third-order valence-corrected chi connectivity index (χ3v) is 3.50. The Balaban J connectivity index is 2.21. The van der Waals surface area contributed by atoms with E-state index in [1.165, 1.54) is 25.5 Å². The minimum Gasteiger partial charge on any atom is -0.504 e. The number of benzene rings is 1. The first-order valence-corrected chi connectivity index (χ1v) is 6.64. The van der Waals surface area contributed by atoms with E-state index in [-0.39, 0.29) is 16.7 Å². The van der Waals surface area contributed by atoms with Crippen molar-refractivity contribution in [2.24, 2.45) is 4.99 Å². The summed E-state index contributed by atoms with van der Waals surface area (Å²) in [5.74, 6) is -1.64. The van der Waals surface area contributed by atoms with Crippen LogP contribution in [0.4, 0.5) is 0 Å². The highest BCUT2D eigenvalue weighted by Gasteiger charge is 2.35. The van der Waals surface area contributed by atoms with Crippen LogP contribution in [-0.4, -0.2) is 34.4 Å². The normalized spacial score (nSPS) is 15.0. The molecule has 0 saturated heterocycles. The van der Waals surface area contributed by atoms with Gasteiger partial charge >= 0.3 is 0 Å². The van der Waals surface area contributed by atoms with Gasteiger partial charge in [-0.25, -0.2) is 0 Å². The number of ketones is 2. The first kappa shape index (κ1) is 13.9. The number of hydrogen-bond acceptors (Lipinski definition) is 5. The molecule has 22 heavy (non-hydrogen) atoms. The molecule has 2 aromatic rings. The zero-order valence-electron chi connectivity index (χ0n) is 11.8. The molecule has 3 rings (SSSR count). The lowest BCUT2D eigenvalue weighted by Crippen LogP contribution is -2.27. The maximum absolute atomic E-state index is 12.7. The maximum atomic E-state index is 12.7. The molecule has 0 radical (unpaired) electrons. The van der Waals surface area contributed by atoms with Crippen molar-refractivity contribution in [3.63, 3.8) is 0 Å². The minimum atomic E-state index is -0.616. The smallest absolute Gasteiger partial charge is 0.230 e. The Labute approximate surface area is 126 Å². The Morgan fingerprint density at radius 1 is 1.05 bits per heavy atom. The molecule has 0 unspecified atom stereocenters. The summed E-state index contributed by atoms with van der Waals surface area (Å²) in [5.41, 5.74) is 1.21. The molecule has 0 spiro atoms. The first-order chi connectivity index (χ1) is 10.6. The van der Waals surface area contributed by atoms with Gasteiger partial charge in [-0.3, -0.25) is 19.6 Å². The number of hydrogen-bond donors (Lipinski definition) is 1. The number of rotatable bonds is 2. The minimum absolute atomic E-state index is 0.0719. The van der Waals surface area contributed by atoms with Crippen LogP contribution in [0.15, 0.2) is 65.1 Å². The lowest BCUT2D eigenvalue weighted by molar-refractivity contribution is 0.0934. The summed E-state index contributed by atoms with van der Waals surface area (Å²) in [4.78, 5) is 32.9. The van der Waals surface area contributed by atoms with Crippen LogP contribution in [0.25, 0.3) is 0 Å². The Morgan fingerprint density at radius 2 is 1.77 bits per heavy atom. The predicted octanol–water partition coefficient (Wildman–Crippen LogP) is 2.39. The van der Waals surface area contributed by atoms with Crippen molar-refractivity contribution in [2.75, 3.05) is 7.05 Å². The van der Waals surface area contributed by atoms with Crippen LogP contribution < -0.4 is 0 Å². The van der Waals surface area contributed by atoms with Crippen molar-refractivity contribution in [3.8, 4) is 0 Å². The summed E-state index contributed by atoms with van der Waals surface area (Å²) in [6.07, 6.45) is 2.73. The maximum Gasteiger partial charge on any atom is 0.230 e. The number of fused-ring (bicyclic) bond motifs is 1. The van der Waals surface area contributed by atoms with E-state index < -0.39 is 17.3 Å². The van der Waals surface area contributed by atoms with E-state index >= 15 is 0 Å². The van der Waals surface area contributed by atoms with E-state index in [1.54, 1.807) is 24.3 Å². The number of pyridine rings is 1. The molecule has 0 atom stereocenters. The zero-order chi connectivity index (χ0) is 15.7. The van der Waals surface area contributed by atoms with Crippen molar-refractivity contribution in [3.05, 3.63) is 76.8 Å². The SMILES string of the molecule is C/N=C(\C1=C(O)C(=O)c2cnccc2C1=O)c1ccccc1. The van der Waals surface area contributed by atoms with Crippen molar-refractivity contribution in [2.45, 2.75) is 0 Å². The van der Waals surface area contributed by atoms with Crippen molar-refractivity contribution in [1.82, 2.24) is 4.98 Å². The second kappa shape index (κ2) is 5.37. The summed E-state index contributed by atoms with van der Waals surface area (Å²) < 4.78 is 0. The van der Waals surface area contributed by atoms with Gasteiger partial charge < -0.3 is 5.11 Å². The van der Waals surface area contributed by atoms with Crippen LogP contribution in [0.2, 0.25) is 0 Å². The van der Waals surface area contributed by atoms with Crippen LogP contribution in [-0.2, 0) is 0 Å². The molecular weight excluding hydrogens is 280 g/mol. The Hall–Kier alpha value is -3.08. The Kier molecular flexibility index (Phi) is 3.39. The monoisotopic (exact) mass is 292 g/mol. The second-order valence-electron chi connectivity index (χ2n) is 4.74. The lowest BCUT2D eigenvalue weighted by Gasteiger charge is -2.18. The molecule has 0 amide bonds. The lowest BCUT2D eigenvalue weighted by atomic mass is 9.85. The van der Waals surface area contributed by atoms with Gasteiger partial charge in [-0.05, 0) is 6.07 Å². The predicted molar refractivity (Wildman–Crippen MR) is 81.5 cm³/mol. The van der Waals surface area contributed by atoms with Gasteiger partial charge in [0.15, 0.2) is 11.5 Å². The average Bonchev–Trinajstić information content (AvgIpc) is 2.57. The van der Waals surface area contributed by atoms with Gasteiger partial charge in [-0.1, -0.05) is 30.3 Å². The first-order valence-electron chi connectivity index (χ1n) is 6.64. The fourth-order valence-electron chi connectivity index (χ4n) is 2.46. The van der Waals surface area contributed by atoms with E-state index in [4.69, 9.17) is 0 Å². The van der Waals surface area contributed by atoms with Crippen molar-refractivity contribution < 1.29 is 14.7 Å². The number of Topliss-reactive ketones (excluding diaryl/α,β-unsaturated/α-hetero) is 2. The molecule has 0 aliphatic heterocycles. The molecule has 5 heteroatoms. The van der Waals surface area contributed by atoms with Gasteiger partial charge in [0.2, 0.25) is 5.78 Å². The molecule has 108 valence electrons. The number of allylic oxidation sites excluding steroid dienone is 2. The molecular formula is C17H12N2O3. The molecule has 1 N–H and O–H groups in total. The highest BCUT2D eigenvalue weighted by atomic mass is 16.3. The molecule has 1 aromatic heterocycles. The summed E-state index contributed by atoms with van der Waals surface area (Å²) in [7, 11) is 1.52. The largest absolute Gasteiger partial charge is 0.504 e.